The van der Waals surface area contributed by atoms with Crippen LogP contribution < -0.4 is 11.2 Å². The molecule has 2 N–H and O–H groups in total. The molecule has 1 rings (SSSR count). The Hall–Kier alpha value is -0.890. The van der Waals surface area contributed by atoms with Crippen molar-refractivity contribution in [3.05, 3.63) is 33.1 Å². The molecular weight excluding hydrogens is 298 g/mol. The third-order valence-electron chi connectivity index (χ3n) is 2.19. The van der Waals surface area contributed by atoms with Gasteiger partial charge < -0.3 is 9.46 Å². The van der Waals surface area contributed by atoms with E-state index in [2.05, 4.69) is 9.51 Å². The Morgan fingerprint density at radius 3 is 2.89 bits per heavy atom. The summed E-state index contributed by atoms with van der Waals surface area (Å²) in [5.74, 6) is -0.124. The molecule has 0 bridgehead atoms. The first kappa shape index (κ1) is 16.2. The fourth-order valence-corrected chi connectivity index (χ4v) is 2.68. The van der Waals surface area contributed by atoms with Gasteiger partial charge in [0.25, 0.3) is 5.56 Å². The summed E-state index contributed by atoms with van der Waals surface area (Å²) in [5.41, 5.74) is -1.10. The normalized spacial score (nSPS) is 14.2. The molecule has 0 fully saturated rings. The Bertz CT molecular complexity index is 534. The number of nitrogens with one attached hydrogen (secondary N) is 1. The van der Waals surface area contributed by atoms with E-state index in [-0.39, 0.29) is 12.5 Å². The smallest absolute Gasteiger partial charge is 0.326 e. The van der Waals surface area contributed by atoms with Crippen LogP contribution in [0.3, 0.4) is 0 Å². The van der Waals surface area contributed by atoms with E-state index < -0.39 is 32.1 Å². The highest BCUT2D eigenvalue weighted by atomic mass is 32.2. The number of halogens is 1. The van der Waals surface area contributed by atoms with Gasteiger partial charge in [0.2, 0.25) is 0 Å². The Morgan fingerprint density at radius 2 is 2.32 bits per heavy atom. The van der Waals surface area contributed by atoms with Crippen molar-refractivity contribution in [3.8, 4) is 0 Å². The van der Waals surface area contributed by atoms with Gasteiger partial charge in [-0.3, -0.25) is 23.3 Å². The predicted octanol–water partition coefficient (Wildman–Crippen LogP) is 0.212. The highest BCUT2D eigenvalue weighted by molar-refractivity contribution is 7.99. The number of thioether (sulfide) groups is 1. The third kappa shape index (κ3) is 6.20. The SMILES string of the molecule is O=c1ccn(CC(CF)CSCO[PH](=O)O)c(=O)[nH]1. The Morgan fingerprint density at radius 1 is 1.58 bits per heavy atom. The maximum absolute atomic E-state index is 12.8. The fraction of sp³-hybridized carbons (Fsp3) is 0.556. The molecular formula is C9H14FN2O5PS. The minimum absolute atomic E-state index is 0.00861. The molecule has 0 saturated heterocycles. The fourth-order valence-electron chi connectivity index (χ4n) is 1.32. The van der Waals surface area contributed by atoms with Crippen LogP contribution in [0.1, 0.15) is 0 Å². The monoisotopic (exact) mass is 312 g/mol. The van der Waals surface area contributed by atoms with Crippen molar-refractivity contribution in [1.29, 1.82) is 0 Å². The quantitative estimate of drug-likeness (QED) is 0.404. The molecule has 2 unspecified atom stereocenters. The van der Waals surface area contributed by atoms with Gasteiger partial charge in [-0.2, -0.15) is 0 Å². The molecule has 2 atom stereocenters. The average Bonchev–Trinajstić information content (AvgIpc) is 2.35. The van der Waals surface area contributed by atoms with Gasteiger partial charge in [0, 0.05) is 30.5 Å². The van der Waals surface area contributed by atoms with Gasteiger partial charge in [-0.1, -0.05) is 0 Å². The summed E-state index contributed by atoms with van der Waals surface area (Å²) in [5, 5.41) is 0. The molecule has 7 nitrogen and oxygen atoms in total. The summed E-state index contributed by atoms with van der Waals surface area (Å²) in [6.07, 6.45) is 1.30. The minimum Gasteiger partial charge on any atom is -0.326 e. The molecule has 0 radical (unpaired) electrons. The number of aromatic nitrogens is 2. The summed E-state index contributed by atoms with van der Waals surface area (Å²) in [6, 6.07) is 1.19. The highest BCUT2D eigenvalue weighted by Gasteiger charge is 2.11. The van der Waals surface area contributed by atoms with Crippen LogP contribution in [-0.4, -0.2) is 32.8 Å². The molecule has 0 aliphatic rings. The van der Waals surface area contributed by atoms with Crippen molar-refractivity contribution in [2.75, 3.05) is 18.4 Å². The Labute approximate surface area is 112 Å². The van der Waals surface area contributed by atoms with Crippen LogP contribution in [0.4, 0.5) is 4.39 Å². The third-order valence-corrected chi connectivity index (χ3v) is 3.78. The number of aromatic amines is 1. The predicted molar refractivity (Wildman–Crippen MR) is 70.4 cm³/mol. The zero-order valence-electron chi connectivity index (χ0n) is 9.87. The minimum atomic E-state index is -2.97. The summed E-state index contributed by atoms with van der Waals surface area (Å²) in [6.45, 7) is -0.527. The molecule has 1 aromatic rings. The van der Waals surface area contributed by atoms with E-state index in [0.717, 1.165) is 11.8 Å². The number of nitrogens with zero attached hydrogens (tertiary/aromatic N) is 1. The molecule has 10 heteroatoms. The van der Waals surface area contributed by atoms with Crippen LogP contribution in [0.25, 0.3) is 0 Å². The van der Waals surface area contributed by atoms with E-state index >= 15 is 0 Å². The molecule has 0 spiro atoms. The maximum atomic E-state index is 12.8. The first-order valence-electron chi connectivity index (χ1n) is 5.32. The van der Waals surface area contributed by atoms with E-state index in [1.54, 1.807) is 0 Å². The van der Waals surface area contributed by atoms with Gasteiger partial charge >= 0.3 is 13.9 Å². The lowest BCUT2D eigenvalue weighted by atomic mass is 10.2. The second-order valence-electron chi connectivity index (χ2n) is 3.68. The van der Waals surface area contributed by atoms with E-state index in [1.165, 1.54) is 16.8 Å². The topological polar surface area (TPSA) is 101 Å². The number of H-pyrrole nitrogens is 1. The van der Waals surface area contributed by atoms with Gasteiger partial charge in [0.05, 0.1) is 6.67 Å². The highest BCUT2D eigenvalue weighted by Crippen LogP contribution is 2.19. The lowest BCUT2D eigenvalue weighted by Gasteiger charge is -2.13. The van der Waals surface area contributed by atoms with Crippen molar-refractivity contribution < 1.29 is 18.4 Å². The first-order chi connectivity index (χ1) is 9.02. The van der Waals surface area contributed by atoms with Crippen LogP contribution in [-0.2, 0) is 15.6 Å². The van der Waals surface area contributed by atoms with Gasteiger partial charge in [0.1, 0.15) is 5.94 Å². The standard InChI is InChI=1S/C9H14FN2O5PS/c10-3-7(5-19-6-17-18(15)16)4-12-2-1-8(13)11-9(12)14/h1-2,7,18H,3-6H2,(H,15,16)(H,11,13,14). The van der Waals surface area contributed by atoms with Gasteiger partial charge in [-0.05, 0) is 0 Å². The zero-order valence-corrected chi connectivity index (χ0v) is 11.7. The molecule has 0 aliphatic carbocycles. The van der Waals surface area contributed by atoms with Crippen molar-refractivity contribution >= 4 is 20.0 Å². The van der Waals surface area contributed by atoms with Gasteiger partial charge in [-0.15, -0.1) is 11.8 Å². The Kier molecular flexibility index (Phi) is 7.07. The number of hydrogen-bond donors (Lipinski definition) is 2. The number of hydrogen-bond acceptors (Lipinski definition) is 5. The van der Waals surface area contributed by atoms with Gasteiger partial charge in [-0.25, -0.2) is 4.79 Å². The van der Waals surface area contributed by atoms with Crippen molar-refractivity contribution in [2.24, 2.45) is 5.92 Å². The van der Waals surface area contributed by atoms with Gasteiger partial charge in [0.15, 0.2) is 0 Å². The van der Waals surface area contributed by atoms with E-state index in [1.807, 2.05) is 0 Å². The summed E-state index contributed by atoms with van der Waals surface area (Å²) < 4.78 is 28.7. The van der Waals surface area contributed by atoms with Crippen LogP contribution in [0.5, 0.6) is 0 Å². The van der Waals surface area contributed by atoms with Crippen LogP contribution in [0.15, 0.2) is 21.9 Å². The summed E-state index contributed by atoms with van der Waals surface area (Å²) >= 11 is 1.16. The van der Waals surface area contributed by atoms with Crippen molar-refractivity contribution in [2.45, 2.75) is 6.54 Å². The first-order valence-corrected chi connectivity index (χ1v) is 7.74. The summed E-state index contributed by atoms with van der Waals surface area (Å²) in [7, 11) is -2.97. The Balaban J connectivity index is 2.49. The van der Waals surface area contributed by atoms with E-state index in [0.29, 0.717) is 5.75 Å². The van der Waals surface area contributed by atoms with Crippen LogP contribution in [0, 0.1) is 5.92 Å². The maximum Gasteiger partial charge on any atom is 0.328 e. The molecule has 0 aromatic carbocycles. The van der Waals surface area contributed by atoms with Crippen LogP contribution >= 0.6 is 20.0 Å². The second kappa shape index (κ2) is 8.31. The molecule has 1 heterocycles. The summed E-state index contributed by atoms with van der Waals surface area (Å²) in [4.78, 5) is 32.8. The molecule has 108 valence electrons. The average molecular weight is 312 g/mol. The number of alkyl halides is 1. The van der Waals surface area contributed by atoms with Crippen LogP contribution in [0.2, 0.25) is 0 Å². The second-order valence-corrected chi connectivity index (χ2v) is 5.48. The van der Waals surface area contributed by atoms with Crippen molar-refractivity contribution in [1.82, 2.24) is 9.55 Å². The molecule has 0 amide bonds. The largest absolute Gasteiger partial charge is 0.328 e. The lowest BCUT2D eigenvalue weighted by Crippen LogP contribution is -2.31. The number of rotatable bonds is 8. The van der Waals surface area contributed by atoms with Crippen molar-refractivity contribution in [3.63, 3.8) is 0 Å². The molecule has 19 heavy (non-hydrogen) atoms. The molecule has 1 aromatic heterocycles. The lowest BCUT2D eigenvalue weighted by molar-refractivity contribution is 0.327. The molecule has 0 aliphatic heterocycles. The zero-order chi connectivity index (χ0) is 14.3. The molecule has 0 saturated carbocycles. The van der Waals surface area contributed by atoms with E-state index in [9.17, 15) is 18.5 Å². The van der Waals surface area contributed by atoms with E-state index in [4.69, 9.17) is 4.89 Å².